The monoisotopic (exact) mass is 257 g/mol. The summed E-state index contributed by atoms with van der Waals surface area (Å²) in [6.07, 6.45) is 3.11. The summed E-state index contributed by atoms with van der Waals surface area (Å²) in [7, 11) is 0. The van der Waals surface area contributed by atoms with E-state index >= 15 is 0 Å². The molecule has 1 atom stereocenters. The minimum Gasteiger partial charge on any atom is -0.463 e. The Morgan fingerprint density at radius 1 is 1.33 bits per heavy atom. The molecule has 18 heavy (non-hydrogen) atoms. The van der Waals surface area contributed by atoms with Gasteiger partial charge in [0.2, 0.25) is 0 Å². The van der Waals surface area contributed by atoms with E-state index in [9.17, 15) is 9.59 Å². The number of nitrogens with one attached hydrogen (secondary N) is 1. The third kappa shape index (κ3) is 9.69. The lowest BCUT2D eigenvalue weighted by molar-refractivity contribution is -0.137. The van der Waals surface area contributed by atoms with E-state index in [2.05, 4.69) is 5.32 Å². The van der Waals surface area contributed by atoms with Gasteiger partial charge in [-0.2, -0.15) is 0 Å². The molecule has 0 aliphatic rings. The number of hydrogen-bond acceptors (Lipinski definition) is 4. The van der Waals surface area contributed by atoms with Crippen molar-refractivity contribution < 1.29 is 19.1 Å². The van der Waals surface area contributed by atoms with Crippen LogP contribution in [0.5, 0.6) is 0 Å². The van der Waals surface area contributed by atoms with Crippen LogP contribution in [-0.2, 0) is 14.3 Å². The lowest BCUT2D eigenvalue weighted by Gasteiger charge is -2.21. The molecular formula is C13H23NO4. The molecule has 0 saturated carbocycles. The van der Waals surface area contributed by atoms with Crippen molar-refractivity contribution in [1.29, 1.82) is 0 Å². The number of hydrogen-bond donors (Lipinski definition) is 1. The molecule has 104 valence electrons. The van der Waals surface area contributed by atoms with Gasteiger partial charge >= 0.3 is 12.1 Å². The average Bonchev–Trinajstić information content (AvgIpc) is 2.14. The number of carbonyl (C=O) groups excluding carboxylic acids is 2. The molecule has 0 aromatic heterocycles. The maximum Gasteiger partial charge on any atom is 0.407 e. The Bertz CT molecular complexity index is 305. The van der Waals surface area contributed by atoms with Gasteiger partial charge in [-0.3, -0.25) is 0 Å². The molecule has 0 radical (unpaired) electrons. The molecule has 0 bridgehead atoms. The Morgan fingerprint density at radius 3 is 2.44 bits per heavy atom. The summed E-state index contributed by atoms with van der Waals surface area (Å²) in [5.74, 6) is -0.373. The van der Waals surface area contributed by atoms with Crippen molar-refractivity contribution in [2.75, 3.05) is 6.61 Å². The molecule has 0 heterocycles. The lowest BCUT2D eigenvalue weighted by atomic mass is 10.2. The van der Waals surface area contributed by atoms with E-state index in [1.807, 2.05) is 6.92 Å². The van der Waals surface area contributed by atoms with E-state index in [4.69, 9.17) is 9.47 Å². The normalized spacial score (nSPS) is 13.2. The van der Waals surface area contributed by atoms with Crippen molar-refractivity contribution >= 4 is 12.1 Å². The molecular weight excluding hydrogens is 234 g/mol. The van der Waals surface area contributed by atoms with Gasteiger partial charge in [-0.05, 0) is 41.0 Å². The van der Waals surface area contributed by atoms with Crippen molar-refractivity contribution in [3.05, 3.63) is 12.2 Å². The summed E-state index contributed by atoms with van der Waals surface area (Å²) in [6.45, 7) is 9.35. The molecule has 5 heteroatoms. The summed E-state index contributed by atoms with van der Waals surface area (Å²) in [5, 5.41) is 2.68. The highest BCUT2D eigenvalue weighted by atomic mass is 16.6. The van der Waals surface area contributed by atoms with Crippen molar-refractivity contribution in [2.24, 2.45) is 0 Å². The van der Waals surface area contributed by atoms with Crippen molar-refractivity contribution in [1.82, 2.24) is 5.32 Å². The second kappa shape index (κ2) is 7.74. The molecule has 0 aliphatic heterocycles. The molecule has 0 saturated heterocycles. The number of amides is 1. The summed E-state index contributed by atoms with van der Waals surface area (Å²) >= 11 is 0. The Balaban J connectivity index is 3.94. The SMILES string of the molecule is CCOC(=O)/C=C/C[C@@H](C)NC(=O)OC(C)(C)C. The van der Waals surface area contributed by atoms with Gasteiger partial charge in [-0.15, -0.1) is 0 Å². The van der Waals surface area contributed by atoms with Gasteiger partial charge in [0.05, 0.1) is 6.61 Å². The first-order valence-electron chi connectivity index (χ1n) is 6.07. The highest BCUT2D eigenvalue weighted by molar-refractivity contribution is 5.81. The van der Waals surface area contributed by atoms with Gasteiger partial charge in [-0.1, -0.05) is 6.08 Å². The molecule has 0 unspecified atom stereocenters. The number of carbonyl (C=O) groups is 2. The molecule has 1 N–H and O–H groups in total. The minimum absolute atomic E-state index is 0.106. The summed E-state index contributed by atoms with van der Waals surface area (Å²) in [4.78, 5) is 22.4. The third-order valence-corrected chi connectivity index (χ3v) is 1.79. The Labute approximate surface area is 109 Å². The number of alkyl carbamates (subject to hydrolysis) is 1. The van der Waals surface area contributed by atoms with Crippen molar-refractivity contribution in [3.63, 3.8) is 0 Å². The highest BCUT2D eigenvalue weighted by Gasteiger charge is 2.17. The zero-order valence-electron chi connectivity index (χ0n) is 11.8. The average molecular weight is 257 g/mol. The topological polar surface area (TPSA) is 64.6 Å². The van der Waals surface area contributed by atoms with E-state index < -0.39 is 11.7 Å². The predicted octanol–water partition coefficient (Wildman–Crippen LogP) is 2.41. The van der Waals surface area contributed by atoms with Crippen LogP contribution >= 0.6 is 0 Å². The van der Waals surface area contributed by atoms with Gasteiger partial charge in [0.1, 0.15) is 5.60 Å². The van der Waals surface area contributed by atoms with E-state index in [0.717, 1.165) is 0 Å². The molecule has 0 spiro atoms. The molecule has 1 amide bonds. The van der Waals surface area contributed by atoms with Crippen LogP contribution in [0.15, 0.2) is 12.2 Å². The van der Waals surface area contributed by atoms with E-state index in [0.29, 0.717) is 13.0 Å². The smallest absolute Gasteiger partial charge is 0.407 e. The number of rotatable bonds is 5. The fraction of sp³-hybridized carbons (Fsp3) is 0.692. The van der Waals surface area contributed by atoms with Crippen LogP contribution in [0.25, 0.3) is 0 Å². The first-order chi connectivity index (χ1) is 8.24. The lowest BCUT2D eigenvalue weighted by Crippen LogP contribution is -2.37. The predicted molar refractivity (Wildman–Crippen MR) is 69.2 cm³/mol. The van der Waals surface area contributed by atoms with Crippen LogP contribution in [0.3, 0.4) is 0 Å². The molecule has 0 aliphatic carbocycles. The zero-order valence-corrected chi connectivity index (χ0v) is 11.8. The minimum atomic E-state index is -0.509. The van der Waals surface area contributed by atoms with Gasteiger partial charge in [0.15, 0.2) is 0 Å². The first kappa shape index (κ1) is 16.5. The highest BCUT2D eigenvalue weighted by Crippen LogP contribution is 2.07. The van der Waals surface area contributed by atoms with Crippen molar-refractivity contribution in [3.8, 4) is 0 Å². The van der Waals surface area contributed by atoms with Gasteiger partial charge in [0, 0.05) is 12.1 Å². The fourth-order valence-electron chi connectivity index (χ4n) is 1.13. The quantitative estimate of drug-likeness (QED) is 0.606. The van der Waals surface area contributed by atoms with E-state index in [-0.39, 0.29) is 12.0 Å². The molecule has 0 aromatic carbocycles. The molecule has 0 fully saturated rings. The Hall–Kier alpha value is -1.52. The largest absolute Gasteiger partial charge is 0.463 e. The Kier molecular flexibility index (Phi) is 7.08. The standard InChI is InChI=1S/C13H23NO4/c1-6-17-11(15)9-7-8-10(2)14-12(16)18-13(3,4)5/h7,9-10H,6,8H2,1-5H3,(H,14,16)/b9-7+/t10-/m1/s1. The number of ether oxygens (including phenoxy) is 2. The second-order valence-electron chi connectivity index (χ2n) is 4.94. The molecule has 5 nitrogen and oxygen atoms in total. The zero-order chi connectivity index (χ0) is 14.2. The van der Waals surface area contributed by atoms with Gasteiger partial charge in [-0.25, -0.2) is 9.59 Å². The van der Waals surface area contributed by atoms with E-state index in [1.165, 1.54) is 6.08 Å². The van der Waals surface area contributed by atoms with Crippen LogP contribution in [0.2, 0.25) is 0 Å². The van der Waals surface area contributed by atoms with Crippen LogP contribution in [0.4, 0.5) is 4.79 Å². The summed E-state index contributed by atoms with van der Waals surface area (Å²) in [6, 6.07) is -0.106. The van der Waals surface area contributed by atoms with Crippen molar-refractivity contribution in [2.45, 2.75) is 52.7 Å². The summed E-state index contributed by atoms with van der Waals surface area (Å²) in [5.41, 5.74) is -0.509. The van der Waals surface area contributed by atoms with Gasteiger partial charge < -0.3 is 14.8 Å². The van der Waals surface area contributed by atoms with Crippen LogP contribution in [-0.4, -0.2) is 30.3 Å². The third-order valence-electron chi connectivity index (χ3n) is 1.79. The van der Waals surface area contributed by atoms with Crippen LogP contribution < -0.4 is 5.32 Å². The number of esters is 1. The fourth-order valence-corrected chi connectivity index (χ4v) is 1.13. The van der Waals surface area contributed by atoms with Crippen LogP contribution in [0, 0.1) is 0 Å². The van der Waals surface area contributed by atoms with Gasteiger partial charge in [0.25, 0.3) is 0 Å². The summed E-state index contributed by atoms with van der Waals surface area (Å²) < 4.78 is 9.84. The maximum atomic E-state index is 11.4. The molecule has 0 rings (SSSR count). The maximum absolute atomic E-state index is 11.4. The Morgan fingerprint density at radius 2 is 1.94 bits per heavy atom. The first-order valence-corrected chi connectivity index (χ1v) is 6.07. The van der Waals surface area contributed by atoms with E-state index in [1.54, 1.807) is 33.8 Å². The molecule has 0 aromatic rings. The second-order valence-corrected chi connectivity index (χ2v) is 4.94. The van der Waals surface area contributed by atoms with Crippen LogP contribution in [0.1, 0.15) is 41.0 Å².